The summed E-state index contributed by atoms with van der Waals surface area (Å²) < 4.78 is 0. The molecule has 100 valence electrons. The van der Waals surface area contributed by atoms with Crippen LogP contribution in [0.1, 0.15) is 39.5 Å². The monoisotopic (exact) mass is 258 g/mol. The lowest BCUT2D eigenvalue weighted by Gasteiger charge is -2.28. The number of amides is 1. The lowest BCUT2D eigenvalue weighted by molar-refractivity contribution is -0.109. The normalized spacial score (nSPS) is 25.3. The minimum atomic E-state index is 0.685. The van der Waals surface area contributed by atoms with Crippen LogP contribution in [0.2, 0.25) is 0 Å². The molecule has 1 atom stereocenters. The molecule has 1 saturated carbocycles. The molecule has 1 rings (SSSR count). The fourth-order valence-corrected chi connectivity index (χ4v) is 3.27. The maximum atomic E-state index is 10.2. The van der Waals surface area contributed by atoms with Crippen molar-refractivity contribution in [2.24, 2.45) is 16.8 Å². The first-order valence-corrected chi connectivity index (χ1v) is 8.13. The smallest absolute Gasteiger partial charge is 0.207 e. The van der Waals surface area contributed by atoms with Gasteiger partial charge in [-0.1, -0.05) is 22.4 Å². The number of rotatable bonds is 5. The maximum absolute atomic E-state index is 10.2. The van der Waals surface area contributed by atoms with E-state index in [2.05, 4.69) is 17.0 Å². The van der Waals surface area contributed by atoms with E-state index in [0.717, 1.165) is 21.5 Å². The molecule has 4 heteroatoms. The summed E-state index contributed by atoms with van der Waals surface area (Å²) in [5.74, 6) is 1.40. The number of carbonyl (C=O) groups is 1. The number of nitrogens with one attached hydrogen (secondary N) is 1. The second-order valence-electron chi connectivity index (χ2n) is 4.10. The Morgan fingerprint density at radius 2 is 1.94 bits per heavy atom. The van der Waals surface area contributed by atoms with Gasteiger partial charge in [0.2, 0.25) is 6.41 Å². The molecule has 0 aliphatic heterocycles. The van der Waals surface area contributed by atoms with E-state index >= 15 is 0 Å². The van der Waals surface area contributed by atoms with Crippen LogP contribution in [0.3, 0.4) is 0 Å². The predicted octanol–water partition coefficient (Wildman–Crippen LogP) is 2.90. The number of aliphatic imine (C=N–C) groups is 1. The first kappa shape index (κ1) is 16.6. The summed E-state index contributed by atoms with van der Waals surface area (Å²) in [5, 5.41) is 2.78. The third kappa shape index (κ3) is 6.16. The molecule has 0 aromatic rings. The van der Waals surface area contributed by atoms with Gasteiger partial charge in [-0.05, 0) is 38.3 Å². The van der Waals surface area contributed by atoms with E-state index in [4.69, 9.17) is 0 Å². The fourth-order valence-electron chi connectivity index (χ4n) is 2.35. The zero-order chi connectivity index (χ0) is 13.1. The minimum Gasteiger partial charge on any atom is -0.358 e. The molecular weight excluding hydrogens is 231 g/mol. The molecule has 0 spiro atoms. The Morgan fingerprint density at radius 3 is 2.35 bits per heavy atom. The summed E-state index contributed by atoms with van der Waals surface area (Å²) in [7, 11) is 2.76. The van der Waals surface area contributed by atoms with Crippen molar-refractivity contribution in [3.8, 4) is 0 Å². The molecule has 0 aromatic heterocycles. The first-order chi connectivity index (χ1) is 8.31. The van der Waals surface area contributed by atoms with Crippen LogP contribution in [0.5, 0.6) is 0 Å². The molecule has 3 nitrogen and oxygen atoms in total. The summed E-state index contributed by atoms with van der Waals surface area (Å²) in [6.45, 7) is 7.06. The SMILES string of the molecule is CC.CN=C(PC)C1CCC(CNC=O)CC1. The Balaban J connectivity index is 0.00000121. The summed E-state index contributed by atoms with van der Waals surface area (Å²) in [6, 6.07) is 0. The molecule has 0 bridgehead atoms. The Morgan fingerprint density at radius 1 is 1.35 bits per heavy atom. The highest BCUT2D eigenvalue weighted by molar-refractivity contribution is 7.57. The zero-order valence-corrected chi connectivity index (χ0v) is 12.6. The van der Waals surface area contributed by atoms with Crippen LogP contribution < -0.4 is 5.32 Å². The van der Waals surface area contributed by atoms with E-state index in [-0.39, 0.29) is 0 Å². The summed E-state index contributed by atoms with van der Waals surface area (Å²) in [5.41, 5.74) is 1.40. The number of hydrogen-bond donors (Lipinski definition) is 1. The van der Waals surface area contributed by atoms with Crippen molar-refractivity contribution in [2.75, 3.05) is 20.3 Å². The first-order valence-electron chi connectivity index (χ1n) is 6.63. The second kappa shape index (κ2) is 10.7. The summed E-state index contributed by atoms with van der Waals surface area (Å²) in [4.78, 5) is 14.6. The molecule has 0 heterocycles. The van der Waals surface area contributed by atoms with Gasteiger partial charge >= 0.3 is 0 Å². The molecule has 0 aromatic carbocycles. The molecule has 1 aliphatic rings. The Bertz CT molecular complexity index is 223. The van der Waals surface area contributed by atoms with E-state index in [0.29, 0.717) is 11.8 Å². The largest absolute Gasteiger partial charge is 0.358 e. The number of nitrogens with zero attached hydrogens (tertiary/aromatic N) is 1. The van der Waals surface area contributed by atoms with Gasteiger partial charge in [0.25, 0.3) is 0 Å². The molecule has 1 N–H and O–H groups in total. The van der Waals surface area contributed by atoms with Gasteiger partial charge in [-0.25, -0.2) is 0 Å². The molecule has 1 aliphatic carbocycles. The number of hydrogen-bond acceptors (Lipinski definition) is 2. The van der Waals surface area contributed by atoms with Crippen molar-refractivity contribution in [3.63, 3.8) is 0 Å². The highest BCUT2D eigenvalue weighted by Crippen LogP contribution is 2.33. The van der Waals surface area contributed by atoms with Gasteiger partial charge in [0.15, 0.2) is 0 Å². The molecule has 17 heavy (non-hydrogen) atoms. The average Bonchev–Trinajstić information content (AvgIpc) is 2.41. The van der Waals surface area contributed by atoms with Gasteiger partial charge in [-0.15, -0.1) is 0 Å². The second-order valence-corrected chi connectivity index (χ2v) is 5.11. The summed E-state index contributed by atoms with van der Waals surface area (Å²) in [6.07, 6.45) is 5.76. The highest BCUT2D eigenvalue weighted by Gasteiger charge is 2.23. The third-order valence-electron chi connectivity index (χ3n) is 3.22. The molecule has 1 unspecified atom stereocenters. The van der Waals surface area contributed by atoms with Crippen molar-refractivity contribution in [3.05, 3.63) is 0 Å². The van der Waals surface area contributed by atoms with Gasteiger partial charge in [0.05, 0.1) is 0 Å². The maximum Gasteiger partial charge on any atom is 0.207 e. The zero-order valence-electron chi connectivity index (χ0n) is 11.6. The van der Waals surface area contributed by atoms with E-state index in [1.165, 1.54) is 31.1 Å². The molecular formula is C13H27N2OP. The van der Waals surface area contributed by atoms with Crippen molar-refractivity contribution in [2.45, 2.75) is 39.5 Å². The fraction of sp³-hybridized carbons (Fsp3) is 0.846. The van der Waals surface area contributed by atoms with Gasteiger partial charge in [-0.3, -0.25) is 9.79 Å². The predicted molar refractivity (Wildman–Crippen MR) is 78.5 cm³/mol. The van der Waals surface area contributed by atoms with Crippen LogP contribution in [0.15, 0.2) is 4.99 Å². The van der Waals surface area contributed by atoms with Gasteiger partial charge in [-0.2, -0.15) is 0 Å². The lowest BCUT2D eigenvalue weighted by Crippen LogP contribution is -2.27. The van der Waals surface area contributed by atoms with Gasteiger partial charge in [0.1, 0.15) is 0 Å². The van der Waals surface area contributed by atoms with E-state index in [1.54, 1.807) is 0 Å². The van der Waals surface area contributed by atoms with Crippen LogP contribution in [0, 0.1) is 11.8 Å². The van der Waals surface area contributed by atoms with E-state index < -0.39 is 0 Å². The van der Waals surface area contributed by atoms with Crippen molar-refractivity contribution < 1.29 is 4.79 Å². The Labute approximate surface area is 108 Å². The van der Waals surface area contributed by atoms with E-state index in [1.807, 2.05) is 20.9 Å². The van der Waals surface area contributed by atoms with Crippen LogP contribution >= 0.6 is 8.58 Å². The van der Waals surface area contributed by atoms with Crippen LogP contribution in [0.4, 0.5) is 0 Å². The van der Waals surface area contributed by atoms with Crippen molar-refractivity contribution in [1.82, 2.24) is 5.32 Å². The minimum absolute atomic E-state index is 0.685. The topological polar surface area (TPSA) is 41.5 Å². The van der Waals surface area contributed by atoms with Crippen molar-refractivity contribution in [1.29, 1.82) is 0 Å². The average molecular weight is 258 g/mol. The van der Waals surface area contributed by atoms with Gasteiger partial charge < -0.3 is 5.32 Å². The molecule has 1 fully saturated rings. The van der Waals surface area contributed by atoms with Crippen LogP contribution in [-0.4, -0.2) is 32.1 Å². The Kier molecular flexibility index (Phi) is 10.4. The van der Waals surface area contributed by atoms with Gasteiger partial charge in [0, 0.05) is 25.0 Å². The Hall–Kier alpha value is -0.430. The van der Waals surface area contributed by atoms with E-state index in [9.17, 15) is 4.79 Å². The standard InChI is InChI=1S/C11H21N2OP.C2H6/c1-12-11(15-2)10-5-3-9(4-6-10)7-13-8-14;1-2/h8-10,15H,3-7H2,1-2H3,(H,13,14);1-2H3. The van der Waals surface area contributed by atoms with Crippen molar-refractivity contribution >= 4 is 20.4 Å². The van der Waals surface area contributed by atoms with Crippen LogP contribution in [-0.2, 0) is 4.79 Å². The summed E-state index contributed by atoms with van der Waals surface area (Å²) >= 11 is 0. The lowest BCUT2D eigenvalue weighted by atomic mass is 9.82. The molecule has 0 radical (unpaired) electrons. The quantitative estimate of drug-likeness (QED) is 0.460. The third-order valence-corrected chi connectivity index (χ3v) is 4.36. The number of carbonyl (C=O) groups excluding carboxylic acids is 1. The van der Waals surface area contributed by atoms with Crippen LogP contribution in [0.25, 0.3) is 0 Å². The molecule has 1 amide bonds. The molecule has 0 saturated heterocycles. The highest BCUT2D eigenvalue weighted by atomic mass is 31.1.